The third kappa shape index (κ3) is 8.02. The number of methoxy groups -OCH3 is 1. The lowest BCUT2D eigenvalue weighted by atomic mass is 9.96. The molecule has 1 heterocycles. The second-order valence-corrected chi connectivity index (χ2v) is 10.1. The zero-order chi connectivity index (χ0) is 27.5. The van der Waals surface area contributed by atoms with Gasteiger partial charge in [0.2, 0.25) is 0 Å². The van der Waals surface area contributed by atoms with Crippen LogP contribution in [0.5, 0.6) is 5.75 Å². The van der Waals surface area contributed by atoms with Crippen LogP contribution in [0.4, 0.5) is 21.9 Å². The lowest BCUT2D eigenvalue weighted by Gasteiger charge is -2.38. The number of amides is 3. The van der Waals surface area contributed by atoms with Crippen LogP contribution >= 0.6 is 0 Å². The number of para-hydroxylation sites is 2. The van der Waals surface area contributed by atoms with Crippen LogP contribution in [-0.4, -0.2) is 71.0 Å². The van der Waals surface area contributed by atoms with Crippen molar-refractivity contribution in [1.29, 1.82) is 0 Å². The molecule has 0 unspecified atom stereocenters. The summed E-state index contributed by atoms with van der Waals surface area (Å²) >= 11 is 0. The molecule has 212 valence electrons. The van der Waals surface area contributed by atoms with Gasteiger partial charge in [0.25, 0.3) is 5.91 Å². The molecule has 2 aliphatic rings. The number of hydrogen-bond acceptors (Lipinski definition) is 6. The molecule has 9 heteroatoms. The maximum absolute atomic E-state index is 13.3. The summed E-state index contributed by atoms with van der Waals surface area (Å²) < 4.78 is 11.0. The lowest BCUT2D eigenvalue weighted by molar-refractivity contribution is 0.0944. The second-order valence-electron chi connectivity index (χ2n) is 10.1. The summed E-state index contributed by atoms with van der Waals surface area (Å²) in [5, 5.41) is 9.07. The molecule has 1 aliphatic carbocycles. The third-order valence-electron chi connectivity index (χ3n) is 7.44. The largest absolute Gasteiger partial charge is 0.495 e. The zero-order valence-corrected chi connectivity index (χ0v) is 23.3. The second kappa shape index (κ2) is 14.6. The molecule has 9 nitrogen and oxygen atoms in total. The van der Waals surface area contributed by atoms with Crippen molar-refractivity contribution in [2.24, 2.45) is 0 Å². The minimum atomic E-state index is -0.219. The molecule has 0 bridgehead atoms. The summed E-state index contributed by atoms with van der Waals surface area (Å²) in [5.74, 6) is 0.713. The Kier molecular flexibility index (Phi) is 10.7. The van der Waals surface area contributed by atoms with Crippen LogP contribution in [0, 0.1) is 0 Å². The Morgan fingerprint density at radius 2 is 1.67 bits per heavy atom. The smallest absolute Gasteiger partial charge is 0.319 e. The van der Waals surface area contributed by atoms with Gasteiger partial charge in [-0.05, 0) is 56.5 Å². The van der Waals surface area contributed by atoms with Crippen molar-refractivity contribution in [3.8, 4) is 5.75 Å². The van der Waals surface area contributed by atoms with E-state index in [-0.39, 0.29) is 18.0 Å². The summed E-state index contributed by atoms with van der Waals surface area (Å²) in [6.45, 7) is 6.89. The number of ether oxygens (including phenoxy) is 2. The Balaban J connectivity index is 1.45. The summed E-state index contributed by atoms with van der Waals surface area (Å²) in [5.41, 5.74) is 3.12. The predicted molar refractivity (Wildman–Crippen MR) is 156 cm³/mol. The quantitative estimate of drug-likeness (QED) is 0.362. The van der Waals surface area contributed by atoms with Gasteiger partial charge in [0.1, 0.15) is 5.75 Å². The van der Waals surface area contributed by atoms with Crippen molar-refractivity contribution in [3.05, 3.63) is 48.0 Å². The van der Waals surface area contributed by atoms with Gasteiger partial charge in [0.15, 0.2) is 0 Å². The fourth-order valence-corrected chi connectivity index (χ4v) is 5.37. The van der Waals surface area contributed by atoms with Gasteiger partial charge in [-0.25, -0.2) is 4.79 Å². The Bertz CT molecular complexity index is 1080. The van der Waals surface area contributed by atoms with Gasteiger partial charge in [0.05, 0.1) is 18.4 Å². The van der Waals surface area contributed by atoms with Crippen LogP contribution in [-0.2, 0) is 4.74 Å². The van der Waals surface area contributed by atoms with Crippen molar-refractivity contribution in [2.75, 3.05) is 68.2 Å². The first-order chi connectivity index (χ1) is 19.1. The van der Waals surface area contributed by atoms with Crippen LogP contribution in [0.2, 0.25) is 0 Å². The average Bonchev–Trinajstić information content (AvgIpc) is 2.97. The first kappa shape index (κ1) is 28.5. The molecular formula is C30H43N5O4. The van der Waals surface area contributed by atoms with E-state index >= 15 is 0 Å². The summed E-state index contributed by atoms with van der Waals surface area (Å²) in [7, 11) is 1.69. The number of carbonyl (C=O) groups is 2. The van der Waals surface area contributed by atoms with Gasteiger partial charge in [-0.1, -0.05) is 31.4 Å². The first-order valence-electron chi connectivity index (χ1n) is 14.3. The van der Waals surface area contributed by atoms with E-state index in [4.69, 9.17) is 9.47 Å². The van der Waals surface area contributed by atoms with Gasteiger partial charge < -0.3 is 35.2 Å². The monoisotopic (exact) mass is 537 g/mol. The highest BCUT2D eigenvalue weighted by molar-refractivity contribution is 6.02. The molecule has 3 N–H and O–H groups in total. The van der Waals surface area contributed by atoms with Gasteiger partial charge in [-0.2, -0.15) is 0 Å². The minimum absolute atomic E-state index is 0.148. The number of rotatable bonds is 11. The van der Waals surface area contributed by atoms with Gasteiger partial charge in [-0.15, -0.1) is 0 Å². The molecule has 1 aliphatic heterocycles. The van der Waals surface area contributed by atoms with Crippen LogP contribution < -0.4 is 30.5 Å². The van der Waals surface area contributed by atoms with Gasteiger partial charge in [0, 0.05) is 63.4 Å². The summed E-state index contributed by atoms with van der Waals surface area (Å²) in [6, 6.07) is 13.7. The molecule has 1 saturated carbocycles. The fraction of sp³-hybridized carbons (Fsp3) is 0.533. The summed E-state index contributed by atoms with van der Waals surface area (Å²) in [6.07, 6.45) is 6.31. The van der Waals surface area contributed by atoms with Crippen molar-refractivity contribution in [2.45, 2.75) is 51.5 Å². The number of piperazine rings is 1. The van der Waals surface area contributed by atoms with E-state index in [1.54, 1.807) is 13.2 Å². The molecule has 0 atom stereocenters. The fourth-order valence-electron chi connectivity index (χ4n) is 5.37. The lowest BCUT2D eigenvalue weighted by Crippen LogP contribution is -2.47. The Morgan fingerprint density at radius 1 is 0.949 bits per heavy atom. The average molecular weight is 538 g/mol. The molecule has 1 saturated heterocycles. The zero-order valence-electron chi connectivity index (χ0n) is 23.3. The molecule has 0 aromatic heterocycles. The molecular weight excluding hydrogens is 494 g/mol. The SMILES string of the molecule is CCOCCCNC(=O)c1cc(NC(=O)NC2CCCCC2)ccc1N1CCN(c2ccccc2OC)CC1. The standard InChI is InChI=1S/C30H43N5O4/c1-3-39-21-9-16-31-29(36)25-22-24(33-30(37)32-23-10-5-4-6-11-23)14-15-26(25)34-17-19-35(20-18-34)27-12-7-8-13-28(27)38-2/h7-8,12-15,22-23H,3-6,9-11,16-21H2,1-2H3,(H,31,36)(H2,32,33,37). The molecule has 2 aromatic carbocycles. The van der Waals surface area contributed by atoms with E-state index in [0.29, 0.717) is 31.0 Å². The molecule has 0 spiro atoms. The van der Waals surface area contributed by atoms with E-state index in [9.17, 15) is 9.59 Å². The molecule has 2 fully saturated rings. The van der Waals surface area contributed by atoms with Crippen molar-refractivity contribution < 1.29 is 19.1 Å². The van der Waals surface area contributed by atoms with E-state index in [2.05, 4.69) is 31.8 Å². The molecule has 39 heavy (non-hydrogen) atoms. The van der Waals surface area contributed by atoms with Gasteiger partial charge in [-0.3, -0.25) is 4.79 Å². The highest BCUT2D eigenvalue weighted by atomic mass is 16.5. The molecule has 0 radical (unpaired) electrons. The summed E-state index contributed by atoms with van der Waals surface area (Å²) in [4.78, 5) is 30.6. The van der Waals surface area contributed by atoms with Crippen LogP contribution in [0.1, 0.15) is 55.8 Å². The van der Waals surface area contributed by atoms with E-state index < -0.39 is 0 Å². The highest BCUT2D eigenvalue weighted by Crippen LogP contribution is 2.31. The van der Waals surface area contributed by atoms with Crippen molar-refractivity contribution in [1.82, 2.24) is 10.6 Å². The van der Waals surface area contributed by atoms with Crippen molar-refractivity contribution in [3.63, 3.8) is 0 Å². The Morgan fingerprint density at radius 3 is 2.38 bits per heavy atom. The minimum Gasteiger partial charge on any atom is -0.495 e. The number of benzene rings is 2. The maximum Gasteiger partial charge on any atom is 0.319 e. The number of carbonyl (C=O) groups excluding carboxylic acids is 2. The van der Waals surface area contributed by atoms with Crippen LogP contribution in [0.15, 0.2) is 42.5 Å². The van der Waals surface area contributed by atoms with E-state index in [1.165, 1.54) is 6.42 Å². The number of nitrogens with one attached hydrogen (secondary N) is 3. The normalized spacial score (nSPS) is 16.1. The first-order valence-corrected chi connectivity index (χ1v) is 14.3. The third-order valence-corrected chi connectivity index (χ3v) is 7.44. The predicted octanol–water partition coefficient (Wildman–Crippen LogP) is 4.63. The van der Waals surface area contributed by atoms with Crippen molar-refractivity contribution >= 4 is 29.0 Å². The van der Waals surface area contributed by atoms with E-state index in [1.807, 2.05) is 37.3 Å². The maximum atomic E-state index is 13.3. The molecule has 2 aromatic rings. The number of hydrogen-bond donors (Lipinski definition) is 3. The number of anilines is 3. The Labute approximate surface area is 232 Å². The van der Waals surface area contributed by atoms with Crippen LogP contribution in [0.3, 0.4) is 0 Å². The topological polar surface area (TPSA) is 95.2 Å². The van der Waals surface area contributed by atoms with Gasteiger partial charge >= 0.3 is 6.03 Å². The molecule has 3 amide bonds. The Hall–Kier alpha value is -3.46. The van der Waals surface area contributed by atoms with E-state index in [0.717, 1.165) is 75.4 Å². The molecule has 4 rings (SSSR count). The highest BCUT2D eigenvalue weighted by Gasteiger charge is 2.24. The number of urea groups is 1. The number of nitrogens with zero attached hydrogens (tertiary/aromatic N) is 2. The van der Waals surface area contributed by atoms with Crippen LogP contribution in [0.25, 0.3) is 0 Å².